The summed E-state index contributed by atoms with van der Waals surface area (Å²) in [6, 6.07) is 15.3. The first-order valence-electron chi connectivity index (χ1n) is 11.0. The summed E-state index contributed by atoms with van der Waals surface area (Å²) in [5, 5.41) is 0. The second-order valence-corrected chi connectivity index (χ2v) is 9.27. The molecule has 5 heteroatoms. The van der Waals surface area contributed by atoms with Crippen molar-refractivity contribution in [1.29, 1.82) is 0 Å². The number of ether oxygens (including phenoxy) is 2. The highest BCUT2D eigenvalue weighted by Crippen LogP contribution is 2.42. The van der Waals surface area contributed by atoms with E-state index in [0.717, 1.165) is 38.9 Å². The number of fused-ring (bicyclic) bond motifs is 2. The van der Waals surface area contributed by atoms with Gasteiger partial charge in [-0.2, -0.15) is 0 Å². The van der Waals surface area contributed by atoms with E-state index in [-0.39, 0.29) is 18.0 Å². The average molecular weight is 426 g/mol. The molecular weight excluding hydrogens is 394 g/mol. The summed E-state index contributed by atoms with van der Waals surface area (Å²) < 4.78 is 11.6. The van der Waals surface area contributed by atoms with Gasteiger partial charge in [-0.15, -0.1) is 0 Å². The minimum Gasteiger partial charge on any atom is -0.466 e. The van der Waals surface area contributed by atoms with Crippen molar-refractivity contribution in [2.24, 2.45) is 5.92 Å². The Morgan fingerprint density at radius 1 is 1.13 bits per heavy atom. The highest BCUT2D eigenvalue weighted by atomic mass is 32.2. The number of aryl methyl sites for hydroxylation is 1. The maximum absolute atomic E-state index is 11.9. The highest BCUT2D eigenvalue weighted by molar-refractivity contribution is 7.99. The van der Waals surface area contributed by atoms with Gasteiger partial charge in [0.15, 0.2) is 0 Å². The number of carbonyl (C=O) groups excluding carboxylic acids is 1. The van der Waals surface area contributed by atoms with Crippen molar-refractivity contribution >= 4 is 17.7 Å². The molecule has 2 aliphatic heterocycles. The summed E-state index contributed by atoms with van der Waals surface area (Å²) in [7, 11) is 0. The standard InChI is InChI=1S/C25H31NO3S/c1-3-28-25(27)19-10-12-26(13-11-19)14-15-29-22-17-20-16-18(2)8-9-23(20)30-24-7-5-4-6-21(22)24/h4-9,16,19,22H,3,10-15,17H2,1-2H3. The van der Waals surface area contributed by atoms with Crippen molar-refractivity contribution < 1.29 is 14.3 Å². The Labute approximate surface area is 183 Å². The van der Waals surface area contributed by atoms with Crippen molar-refractivity contribution in [3.63, 3.8) is 0 Å². The lowest BCUT2D eigenvalue weighted by molar-refractivity contribution is -0.149. The average Bonchev–Trinajstić information content (AvgIpc) is 2.91. The number of piperidine rings is 1. The number of hydrogen-bond donors (Lipinski definition) is 0. The maximum atomic E-state index is 11.9. The first kappa shape index (κ1) is 21.4. The number of benzene rings is 2. The van der Waals surface area contributed by atoms with E-state index >= 15 is 0 Å². The highest BCUT2D eigenvalue weighted by Gasteiger charge is 2.27. The van der Waals surface area contributed by atoms with Gasteiger partial charge in [-0.3, -0.25) is 4.79 Å². The van der Waals surface area contributed by atoms with Crippen LogP contribution in [0.3, 0.4) is 0 Å². The summed E-state index contributed by atoms with van der Waals surface area (Å²) in [6.45, 7) is 7.97. The minimum atomic E-state index is -0.0325. The molecule has 30 heavy (non-hydrogen) atoms. The Morgan fingerprint density at radius 2 is 1.93 bits per heavy atom. The number of carbonyl (C=O) groups is 1. The molecule has 160 valence electrons. The number of hydrogen-bond acceptors (Lipinski definition) is 5. The molecule has 1 fully saturated rings. The van der Waals surface area contributed by atoms with E-state index in [1.807, 2.05) is 18.7 Å². The zero-order chi connectivity index (χ0) is 20.9. The summed E-state index contributed by atoms with van der Waals surface area (Å²) >= 11 is 1.85. The second-order valence-electron chi connectivity index (χ2n) is 8.18. The maximum Gasteiger partial charge on any atom is 0.309 e. The molecule has 2 aromatic carbocycles. The molecule has 0 saturated carbocycles. The number of rotatable bonds is 6. The molecule has 2 heterocycles. The van der Waals surface area contributed by atoms with Gasteiger partial charge in [0.05, 0.1) is 25.2 Å². The second kappa shape index (κ2) is 9.99. The van der Waals surface area contributed by atoms with E-state index in [4.69, 9.17) is 9.47 Å². The van der Waals surface area contributed by atoms with Crippen molar-refractivity contribution in [3.8, 4) is 0 Å². The third-order valence-corrected chi connectivity index (χ3v) is 7.25. The van der Waals surface area contributed by atoms with Gasteiger partial charge in [0.25, 0.3) is 0 Å². The van der Waals surface area contributed by atoms with Crippen LogP contribution in [0.25, 0.3) is 0 Å². The van der Waals surface area contributed by atoms with Crippen LogP contribution in [0, 0.1) is 12.8 Å². The van der Waals surface area contributed by atoms with E-state index in [2.05, 4.69) is 54.3 Å². The lowest BCUT2D eigenvalue weighted by atomic mass is 9.97. The lowest BCUT2D eigenvalue weighted by Crippen LogP contribution is -2.38. The molecule has 0 bridgehead atoms. The van der Waals surface area contributed by atoms with Crippen molar-refractivity contribution in [2.45, 2.75) is 49.0 Å². The quantitative estimate of drug-likeness (QED) is 0.607. The van der Waals surface area contributed by atoms with E-state index in [0.29, 0.717) is 13.2 Å². The van der Waals surface area contributed by atoms with Crippen LogP contribution >= 0.6 is 11.8 Å². The van der Waals surface area contributed by atoms with Gasteiger partial charge in [-0.25, -0.2) is 0 Å². The molecule has 0 amide bonds. The Bertz CT molecular complexity index is 876. The summed E-state index contributed by atoms with van der Waals surface area (Å²) in [5.41, 5.74) is 3.96. The molecule has 0 radical (unpaired) electrons. The van der Waals surface area contributed by atoms with Crippen LogP contribution in [0.1, 0.15) is 42.6 Å². The molecule has 1 atom stereocenters. The zero-order valence-corrected chi connectivity index (χ0v) is 18.7. The number of nitrogens with zero attached hydrogens (tertiary/aromatic N) is 1. The van der Waals surface area contributed by atoms with Crippen LogP contribution in [0.4, 0.5) is 0 Å². The Kier molecular flexibility index (Phi) is 7.13. The van der Waals surface area contributed by atoms with Crippen molar-refractivity contribution in [1.82, 2.24) is 4.90 Å². The van der Waals surface area contributed by atoms with Crippen LogP contribution in [-0.4, -0.2) is 43.7 Å². The molecule has 0 aliphatic carbocycles. The van der Waals surface area contributed by atoms with Gasteiger partial charge in [0.2, 0.25) is 0 Å². The lowest BCUT2D eigenvalue weighted by Gasteiger charge is -2.31. The monoisotopic (exact) mass is 425 g/mol. The molecule has 0 spiro atoms. The van der Waals surface area contributed by atoms with E-state index in [1.165, 1.54) is 26.5 Å². The summed E-state index contributed by atoms with van der Waals surface area (Å²) in [4.78, 5) is 17.0. The van der Waals surface area contributed by atoms with Gasteiger partial charge in [0.1, 0.15) is 0 Å². The van der Waals surface area contributed by atoms with Gasteiger partial charge < -0.3 is 14.4 Å². The Balaban J connectivity index is 1.36. The van der Waals surface area contributed by atoms with Gasteiger partial charge in [-0.1, -0.05) is 47.7 Å². The Hall–Kier alpha value is -1.82. The molecule has 2 aromatic rings. The number of likely N-dealkylation sites (tertiary alicyclic amines) is 1. The number of esters is 1. The van der Waals surface area contributed by atoms with E-state index < -0.39 is 0 Å². The zero-order valence-electron chi connectivity index (χ0n) is 17.9. The Morgan fingerprint density at radius 3 is 2.73 bits per heavy atom. The predicted molar refractivity (Wildman–Crippen MR) is 120 cm³/mol. The topological polar surface area (TPSA) is 38.8 Å². The molecule has 1 saturated heterocycles. The van der Waals surface area contributed by atoms with Gasteiger partial charge in [0, 0.05) is 22.8 Å². The molecule has 0 N–H and O–H groups in total. The van der Waals surface area contributed by atoms with Crippen molar-refractivity contribution in [3.05, 3.63) is 59.2 Å². The molecule has 4 rings (SSSR count). The first-order chi connectivity index (χ1) is 14.6. The summed E-state index contributed by atoms with van der Waals surface area (Å²) in [5.74, 6) is 0.0301. The minimum absolute atomic E-state index is 0.0325. The fourth-order valence-electron chi connectivity index (χ4n) is 4.36. The first-order valence-corrected chi connectivity index (χ1v) is 11.8. The third-order valence-electron chi connectivity index (χ3n) is 6.04. The van der Waals surface area contributed by atoms with Crippen LogP contribution in [0.5, 0.6) is 0 Å². The van der Waals surface area contributed by atoms with E-state index in [9.17, 15) is 4.79 Å². The summed E-state index contributed by atoms with van der Waals surface area (Å²) in [6.07, 6.45) is 2.75. The van der Waals surface area contributed by atoms with E-state index in [1.54, 1.807) is 0 Å². The fourth-order valence-corrected chi connectivity index (χ4v) is 5.47. The third kappa shape index (κ3) is 5.08. The smallest absolute Gasteiger partial charge is 0.309 e. The predicted octanol–water partition coefficient (Wildman–Crippen LogP) is 5.04. The van der Waals surface area contributed by atoms with Crippen LogP contribution in [-0.2, 0) is 20.7 Å². The molecule has 1 unspecified atom stereocenters. The molecule has 2 aliphatic rings. The fraction of sp³-hybridized carbons (Fsp3) is 0.480. The van der Waals surface area contributed by atoms with Crippen LogP contribution < -0.4 is 0 Å². The van der Waals surface area contributed by atoms with Crippen LogP contribution in [0.2, 0.25) is 0 Å². The molecule has 4 nitrogen and oxygen atoms in total. The van der Waals surface area contributed by atoms with Crippen molar-refractivity contribution in [2.75, 3.05) is 32.8 Å². The largest absolute Gasteiger partial charge is 0.466 e. The van der Waals surface area contributed by atoms with Gasteiger partial charge in [-0.05, 0) is 63.0 Å². The molecular formula is C25H31NO3S. The molecule has 0 aromatic heterocycles. The SMILES string of the molecule is CCOC(=O)C1CCN(CCOC2Cc3cc(C)ccc3Sc3ccccc32)CC1. The van der Waals surface area contributed by atoms with Crippen LogP contribution in [0.15, 0.2) is 52.3 Å². The normalized spacial score (nSPS) is 19.6. The van der Waals surface area contributed by atoms with Gasteiger partial charge >= 0.3 is 5.97 Å².